The lowest BCUT2D eigenvalue weighted by molar-refractivity contribution is -0.122. The van der Waals surface area contributed by atoms with E-state index in [9.17, 15) is 4.79 Å². The molecule has 1 amide bonds. The van der Waals surface area contributed by atoms with Crippen LogP contribution in [0.5, 0.6) is 0 Å². The Bertz CT molecular complexity index is 356. The van der Waals surface area contributed by atoms with Crippen molar-refractivity contribution in [2.45, 2.75) is 31.1 Å². The van der Waals surface area contributed by atoms with Gasteiger partial charge in [0.25, 0.3) is 0 Å². The lowest BCUT2D eigenvalue weighted by atomic mass is 10.1. The summed E-state index contributed by atoms with van der Waals surface area (Å²) in [5, 5.41) is 3.46. The van der Waals surface area contributed by atoms with E-state index in [-0.39, 0.29) is 5.91 Å². The average Bonchev–Trinajstić information content (AvgIpc) is 2.39. The van der Waals surface area contributed by atoms with E-state index in [2.05, 4.69) is 18.5 Å². The van der Waals surface area contributed by atoms with E-state index in [1.54, 1.807) is 11.8 Å². The summed E-state index contributed by atoms with van der Waals surface area (Å²) in [6.45, 7) is 2.85. The lowest BCUT2D eigenvalue weighted by Crippen LogP contribution is -2.42. The predicted molar refractivity (Wildman–Crippen MR) is 78.7 cm³/mol. The Labute approximate surface area is 114 Å². The van der Waals surface area contributed by atoms with Gasteiger partial charge in [0.2, 0.25) is 5.91 Å². The highest BCUT2D eigenvalue weighted by Crippen LogP contribution is 2.08. The van der Waals surface area contributed by atoms with Crippen LogP contribution in [0.2, 0.25) is 0 Å². The monoisotopic (exact) mass is 266 g/mol. The van der Waals surface area contributed by atoms with Crippen molar-refractivity contribution in [3.8, 4) is 0 Å². The molecule has 0 radical (unpaired) electrons. The second kappa shape index (κ2) is 8.16. The highest BCUT2D eigenvalue weighted by molar-refractivity contribution is 7.99. The van der Waals surface area contributed by atoms with E-state index >= 15 is 0 Å². The number of carbonyl (C=O) groups is 1. The molecular formula is C14H22N2OS. The molecule has 0 spiro atoms. The summed E-state index contributed by atoms with van der Waals surface area (Å²) in [6.07, 6.45) is 3.64. The van der Waals surface area contributed by atoms with Gasteiger partial charge in [-0.3, -0.25) is 4.79 Å². The molecule has 0 saturated carbocycles. The number of hydrogen-bond donors (Lipinski definition) is 2. The van der Waals surface area contributed by atoms with Gasteiger partial charge >= 0.3 is 0 Å². The van der Waals surface area contributed by atoms with Crippen molar-refractivity contribution < 1.29 is 4.79 Å². The Morgan fingerprint density at radius 2 is 2.06 bits per heavy atom. The summed E-state index contributed by atoms with van der Waals surface area (Å²) in [5.41, 5.74) is 6.98. The molecule has 1 aromatic rings. The van der Waals surface area contributed by atoms with Gasteiger partial charge in [-0.05, 0) is 24.7 Å². The van der Waals surface area contributed by atoms with Gasteiger partial charge in [0.05, 0.1) is 6.04 Å². The molecule has 2 atom stereocenters. The number of nitrogens with one attached hydrogen (secondary N) is 1. The maximum Gasteiger partial charge on any atom is 0.237 e. The number of carbonyl (C=O) groups excluding carboxylic acids is 1. The van der Waals surface area contributed by atoms with Crippen molar-refractivity contribution in [3.05, 3.63) is 35.9 Å². The van der Waals surface area contributed by atoms with Crippen LogP contribution in [0.15, 0.2) is 30.3 Å². The van der Waals surface area contributed by atoms with Crippen molar-refractivity contribution in [2.75, 3.05) is 12.8 Å². The molecule has 0 fully saturated rings. The number of hydrogen-bond acceptors (Lipinski definition) is 3. The van der Waals surface area contributed by atoms with Gasteiger partial charge in [-0.1, -0.05) is 37.3 Å². The highest BCUT2D eigenvalue weighted by Gasteiger charge is 2.13. The highest BCUT2D eigenvalue weighted by atomic mass is 32.2. The zero-order chi connectivity index (χ0) is 13.4. The largest absolute Gasteiger partial charge is 0.355 e. The fourth-order valence-electron chi connectivity index (χ4n) is 1.61. The summed E-state index contributed by atoms with van der Waals surface area (Å²) in [7, 11) is 0. The van der Waals surface area contributed by atoms with E-state index in [0.717, 1.165) is 12.0 Å². The Morgan fingerprint density at radius 1 is 1.39 bits per heavy atom. The standard InChI is InChI=1S/C14H22N2OS/c1-11(18-2)8-9-16-14(17)13(15)10-12-6-4-3-5-7-12/h3-7,11,13H,8-10,15H2,1-2H3,(H,16,17). The molecular weight excluding hydrogens is 244 g/mol. The van der Waals surface area contributed by atoms with Gasteiger partial charge in [-0.2, -0.15) is 11.8 Å². The topological polar surface area (TPSA) is 55.1 Å². The van der Waals surface area contributed by atoms with Crippen LogP contribution in [-0.2, 0) is 11.2 Å². The van der Waals surface area contributed by atoms with E-state index in [0.29, 0.717) is 18.2 Å². The van der Waals surface area contributed by atoms with Gasteiger partial charge in [0.15, 0.2) is 0 Å². The Kier molecular flexibility index (Phi) is 6.83. The van der Waals surface area contributed by atoms with Crippen LogP contribution in [0.1, 0.15) is 18.9 Å². The number of rotatable bonds is 7. The molecule has 2 unspecified atom stereocenters. The van der Waals surface area contributed by atoms with Crippen LogP contribution in [-0.4, -0.2) is 30.0 Å². The normalized spacial score (nSPS) is 13.9. The lowest BCUT2D eigenvalue weighted by Gasteiger charge is -2.13. The molecule has 3 N–H and O–H groups in total. The third kappa shape index (κ3) is 5.56. The van der Waals surface area contributed by atoms with Crippen LogP contribution in [0.4, 0.5) is 0 Å². The molecule has 1 rings (SSSR count). The van der Waals surface area contributed by atoms with Crippen LogP contribution in [0.25, 0.3) is 0 Å². The summed E-state index contributed by atoms with van der Waals surface area (Å²) in [4.78, 5) is 11.8. The minimum absolute atomic E-state index is 0.0628. The number of nitrogens with two attached hydrogens (primary N) is 1. The minimum Gasteiger partial charge on any atom is -0.355 e. The minimum atomic E-state index is -0.461. The fourth-order valence-corrected chi connectivity index (χ4v) is 1.96. The first kappa shape index (κ1) is 15.1. The number of amides is 1. The zero-order valence-electron chi connectivity index (χ0n) is 11.1. The Balaban J connectivity index is 2.29. The van der Waals surface area contributed by atoms with Gasteiger partial charge < -0.3 is 11.1 Å². The van der Waals surface area contributed by atoms with E-state index < -0.39 is 6.04 Å². The molecule has 4 heteroatoms. The van der Waals surface area contributed by atoms with Crippen LogP contribution in [0, 0.1) is 0 Å². The SMILES string of the molecule is CSC(C)CCNC(=O)C(N)Cc1ccccc1. The van der Waals surface area contributed by atoms with Gasteiger partial charge in [-0.25, -0.2) is 0 Å². The molecule has 18 heavy (non-hydrogen) atoms. The van der Waals surface area contributed by atoms with E-state index in [1.165, 1.54) is 0 Å². The molecule has 100 valence electrons. The second-order valence-corrected chi connectivity index (χ2v) is 5.70. The van der Waals surface area contributed by atoms with E-state index in [1.807, 2.05) is 30.3 Å². The van der Waals surface area contributed by atoms with E-state index in [4.69, 9.17) is 5.73 Å². The molecule has 0 bridgehead atoms. The van der Waals surface area contributed by atoms with Crippen molar-refractivity contribution in [1.29, 1.82) is 0 Å². The van der Waals surface area contributed by atoms with Crippen molar-refractivity contribution >= 4 is 17.7 Å². The quantitative estimate of drug-likeness (QED) is 0.791. The Hall–Kier alpha value is -1.00. The molecule has 3 nitrogen and oxygen atoms in total. The first-order valence-electron chi connectivity index (χ1n) is 6.23. The molecule has 0 aliphatic heterocycles. The summed E-state index contributed by atoms with van der Waals surface area (Å²) < 4.78 is 0. The van der Waals surface area contributed by atoms with Crippen molar-refractivity contribution in [1.82, 2.24) is 5.32 Å². The second-order valence-electron chi connectivity index (χ2n) is 4.42. The number of thioether (sulfide) groups is 1. The van der Waals surface area contributed by atoms with Crippen LogP contribution in [0.3, 0.4) is 0 Å². The molecule has 0 aromatic heterocycles. The van der Waals surface area contributed by atoms with Crippen molar-refractivity contribution in [2.24, 2.45) is 5.73 Å². The van der Waals surface area contributed by atoms with Gasteiger partial charge in [-0.15, -0.1) is 0 Å². The maximum absolute atomic E-state index is 11.8. The smallest absolute Gasteiger partial charge is 0.237 e. The maximum atomic E-state index is 11.8. The molecule has 0 aliphatic rings. The average molecular weight is 266 g/mol. The van der Waals surface area contributed by atoms with Gasteiger partial charge in [0, 0.05) is 11.8 Å². The zero-order valence-corrected chi connectivity index (χ0v) is 11.9. The number of benzene rings is 1. The summed E-state index contributed by atoms with van der Waals surface area (Å²) >= 11 is 1.80. The first-order valence-corrected chi connectivity index (χ1v) is 7.52. The Morgan fingerprint density at radius 3 is 2.67 bits per heavy atom. The molecule has 0 heterocycles. The fraction of sp³-hybridized carbons (Fsp3) is 0.500. The third-order valence-electron chi connectivity index (χ3n) is 2.89. The first-order chi connectivity index (χ1) is 8.63. The van der Waals surface area contributed by atoms with Gasteiger partial charge in [0.1, 0.15) is 0 Å². The van der Waals surface area contributed by atoms with Crippen LogP contribution >= 0.6 is 11.8 Å². The van der Waals surface area contributed by atoms with Crippen LogP contribution < -0.4 is 11.1 Å². The molecule has 1 aromatic carbocycles. The van der Waals surface area contributed by atoms with Crippen molar-refractivity contribution in [3.63, 3.8) is 0 Å². The third-order valence-corrected chi connectivity index (χ3v) is 3.93. The molecule has 0 aliphatic carbocycles. The molecule has 0 saturated heterocycles. The summed E-state index contributed by atoms with van der Waals surface area (Å²) in [5.74, 6) is -0.0628. The summed E-state index contributed by atoms with van der Waals surface area (Å²) in [6, 6.07) is 9.39. The predicted octanol–water partition coefficient (Wildman–Crippen LogP) is 1.81.